The second-order valence-electron chi connectivity index (χ2n) is 6.58. The maximum atomic E-state index is 12.8. The third-order valence-corrected chi connectivity index (χ3v) is 4.88. The fourth-order valence-electron chi connectivity index (χ4n) is 3.61. The lowest BCUT2D eigenvalue weighted by atomic mass is 9.95. The van der Waals surface area contributed by atoms with Crippen LogP contribution in [-0.4, -0.2) is 16.5 Å². The Morgan fingerprint density at radius 2 is 1.92 bits per heavy atom. The maximum absolute atomic E-state index is 12.8. The van der Waals surface area contributed by atoms with E-state index in [-0.39, 0.29) is 5.91 Å². The number of fused-ring (bicyclic) bond motifs is 1. The first kappa shape index (κ1) is 15.1. The third kappa shape index (κ3) is 2.96. The Morgan fingerprint density at radius 1 is 1.12 bits per heavy atom. The average Bonchev–Trinajstić information content (AvgIpc) is 3.19. The third-order valence-electron chi connectivity index (χ3n) is 4.88. The quantitative estimate of drug-likeness (QED) is 0.776. The molecule has 0 bridgehead atoms. The van der Waals surface area contributed by atoms with Crippen molar-refractivity contribution in [3.05, 3.63) is 60.0 Å². The van der Waals surface area contributed by atoms with Crippen LogP contribution in [0.2, 0.25) is 0 Å². The van der Waals surface area contributed by atoms with Crippen molar-refractivity contribution in [2.24, 2.45) is 0 Å². The van der Waals surface area contributed by atoms with Crippen molar-refractivity contribution in [3.63, 3.8) is 0 Å². The Labute approximate surface area is 141 Å². The van der Waals surface area contributed by atoms with Gasteiger partial charge >= 0.3 is 0 Å². The maximum Gasteiger partial charge on any atom is 0.268 e. The number of carbonyl (C=O) groups is 1. The molecule has 0 atom stereocenters. The van der Waals surface area contributed by atoms with Gasteiger partial charge in [-0.3, -0.25) is 4.79 Å². The summed E-state index contributed by atoms with van der Waals surface area (Å²) in [5.74, 6) is 0.00392. The standard InChI is InChI=1S/C20H22N2O2/c23-20(21-16-9-5-2-6-10-16)18-13-19-17(11-12-24-19)22(18)14-15-7-3-1-4-8-15/h1,3-4,7-8,11-13,16H,2,5-6,9-10,14H2,(H,21,23). The molecule has 1 aliphatic rings. The summed E-state index contributed by atoms with van der Waals surface area (Å²) in [6.45, 7) is 0.664. The molecule has 2 heterocycles. The van der Waals surface area contributed by atoms with E-state index in [0.29, 0.717) is 18.3 Å². The fraction of sp³-hybridized carbons (Fsp3) is 0.350. The molecule has 0 spiro atoms. The van der Waals surface area contributed by atoms with E-state index in [1.807, 2.05) is 34.9 Å². The molecule has 1 N–H and O–H groups in total. The number of amides is 1. The monoisotopic (exact) mass is 322 g/mol. The fourth-order valence-corrected chi connectivity index (χ4v) is 3.61. The van der Waals surface area contributed by atoms with Crippen LogP contribution in [0.3, 0.4) is 0 Å². The highest BCUT2D eigenvalue weighted by molar-refractivity contribution is 5.97. The number of nitrogens with zero attached hydrogens (tertiary/aromatic N) is 1. The smallest absolute Gasteiger partial charge is 0.268 e. The largest absolute Gasteiger partial charge is 0.463 e. The Kier molecular flexibility index (Phi) is 4.11. The highest BCUT2D eigenvalue weighted by atomic mass is 16.3. The van der Waals surface area contributed by atoms with Crippen molar-refractivity contribution in [3.8, 4) is 0 Å². The van der Waals surface area contributed by atoms with E-state index in [1.165, 1.54) is 24.8 Å². The van der Waals surface area contributed by atoms with E-state index in [9.17, 15) is 4.79 Å². The molecule has 4 rings (SSSR count). The molecule has 0 aliphatic heterocycles. The second kappa shape index (κ2) is 6.56. The van der Waals surface area contributed by atoms with Crippen LogP contribution in [0.5, 0.6) is 0 Å². The number of hydrogen-bond donors (Lipinski definition) is 1. The van der Waals surface area contributed by atoms with E-state index < -0.39 is 0 Å². The van der Waals surface area contributed by atoms with Crippen molar-refractivity contribution in [2.45, 2.75) is 44.7 Å². The molecular weight excluding hydrogens is 300 g/mol. The molecule has 124 valence electrons. The minimum Gasteiger partial charge on any atom is -0.463 e. The summed E-state index contributed by atoms with van der Waals surface area (Å²) >= 11 is 0. The van der Waals surface area contributed by atoms with Crippen molar-refractivity contribution < 1.29 is 9.21 Å². The van der Waals surface area contributed by atoms with Crippen molar-refractivity contribution in [1.82, 2.24) is 9.88 Å². The topological polar surface area (TPSA) is 47.2 Å². The lowest BCUT2D eigenvalue weighted by molar-refractivity contribution is 0.0919. The Hall–Kier alpha value is -2.49. The van der Waals surface area contributed by atoms with Gasteiger partial charge in [-0.2, -0.15) is 0 Å². The second-order valence-corrected chi connectivity index (χ2v) is 6.58. The minimum absolute atomic E-state index is 0.00392. The van der Waals surface area contributed by atoms with Gasteiger partial charge < -0.3 is 14.3 Å². The SMILES string of the molecule is O=C(NC1CCCCC1)c1cc2occc2n1Cc1ccccc1. The van der Waals surface area contributed by atoms with Gasteiger partial charge in [-0.05, 0) is 18.4 Å². The van der Waals surface area contributed by atoms with Gasteiger partial charge in [-0.1, -0.05) is 49.6 Å². The summed E-state index contributed by atoms with van der Waals surface area (Å²) in [6.07, 6.45) is 7.54. The van der Waals surface area contributed by atoms with E-state index in [1.54, 1.807) is 6.26 Å². The van der Waals surface area contributed by atoms with Crippen molar-refractivity contribution in [1.29, 1.82) is 0 Å². The predicted molar refractivity (Wildman–Crippen MR) is 94.1 cm³/mol. The van der Waals surface area contributed by atoms with Gasteiger partial charge in [0, 0.05) is 24.7 Å². The summed E-state index contributed by atoms with van der Waals surface area (Å²) in [5, 5.41) is 3.21. The van der Waals surface area contributed by atoms with Crippen LogP contribution < -0.4 is 5.32 Å². The number of carbonyl (C=O) groups excluding carboxylic acids is 1. The van der Waals surface area contributed by atoms with Crippen LogP contribution in [0.15, 0.2) is 53.1 Å². The molecule has 1 aromatic carbocycles. The zero-order valence-corrected chi connectivity index (χ0v) is 13.7. The number of hydrogen-bond acceptors (Lipinski definition) is 2. The molecule has 1 saturated carbocycles. The molecule has 4 nitrogen and oxygen atoms in total. The number of furan rings is 1. The molecule has 2 aromatic heterocycles. The molecule has 0 saturated heterocycles. The molecule has 3 aromatic rings. The van der Waals surface area contributed by atoms with Gasteiger partial charge in [-0.15, -0.1) is 0 Å². The highest BCUT2D eigenvalue weighted by Gasteiger charge is 2.21. The minimum atomic E-state index is 0.00392. The lowest BCUT2D eigenvalue weighted by Crippen LogP contribution is -2.37. The number of aromatic nitrogens is 1. The number of rotatable bonds is 4. The summed E-state index contributed by atoms with van der Waals surface area (Å²) in [7, 11) is 0. The normalized spacial score (nSPS) is 15.7. The molecule has 0 unspecified atom stereocenters. The number of benzene rings is 1. The van der Waals surface area contributed by atoms with Gasteiger partial charge in [0.05, 0.1) is 11.8 Å². The molecule has 1 fully saturated rings. The summed E-state index contributed by atoms with van der Waals surface area (Å²) in [5.41, 5.74) is 3.58. The Bertz CT molecular complexity index is 826. The number of nitrogens with one attached hydrogen (secondary N) is 1. The van der Waals surface area contributed by atoms with Crippen LogP contribution >= 0.6 is 0 Å². The zero-order chi connectivity index (χ0) is 16.4. The molecule has 0 radical (unpaired) electrons. The summed E-state index contributed by atoms with van der Waals surface area (Å²) in [4.78, 5) is 12.8. The van der Waals surface area contributed by atoms with Crippen molar-refractivity contribution in [2.75, 3.05) is 0 Å². The van der Waals surface area contributed by atoms with Gasteiger partial charge in [-0.25, -0.2) is 0 Å². The predicted octanol–water partition coefficient (Wildman–Crippen LogP) is 4.35. The summed E-state index contributed by atoms with van der Waals surface area (Å²) in [6, 6.07) is 14.3. The van der Waals surface area contributed by atoms with Gasteiger partial charge in [0.15, 0.2) is 5.58 Å². The van der Waals surface area contributed by atoms with E-state index in [0.717, 1.165) is 23.9 Å². The first-order valence-corrected chi connectivity index (χ1v) is 8.73. The Morgan fingerprint density at radius 3 is 2.71 bits per heavy atom. The molecule has 1 amide bonds. The van der Waals surface area contributed by atoms with Crippen LogP contribution in [-0.2, 0) is 6.54 Å². The van der Waals surface area contributed by atoms with Gasteiger partial charge in [0.25, 0.3) is 5.91 Å². The van der Waals surface area contributed by atoms with E-state index in [2.05, 4.69) is 17.4 Å². The molecule has 24 heavy (non-hydrogen) atoms. The van der Waals surface area contributed by atoms with E-state index in [4.69, 9.17) is 4.42 Å². The van der Waals surface area contributed by atoms with Crippen LogP contribution in [0.25, 0.3) is 11.1 Å². The van der Waals surface area contributed by atoms with Crippen molar-refractivity contribution >= 4 is 17.0 Å². The Balaban J connectivity index is 1.63. The first-order chi connectivity index (χ1) is 11.8. The first-order valence-electron chi connectivity index (χ1n) is 8.73. The highest BCUT2D eigenvalue weighted by Crippen LogP contribution is 2.24. The van der Waals surface area contributed by atoms with Gasteiger partial charge in [0.2, 0.25) is 0 Å². The van der Waals surface area contributed by atoms with Crippen LogP contribution in [0, 0.1) is 0 Å². The van der Waals surface area contributed by atoms with Crippen LogP contribution in [0.4, 0.5) is 0 Å². The molecule has 1 aliphatic carbocycles. The average molecular weight is 322 g/mol. The molecule has 4 heteroatoms. The molecular formula is C20H22N2O2. The van der Waals surface area contributed by atoms with E-state index >= 15 is 0 Å². The van der Waals surface area contributed by atoms with Crippen LogP contribution in [0.1, 0.15) is 48.2 Å². The van der Waals surface area contributed by atoms with Gasteiger partial charge in [0.1, 0.15) is 5.69 Å². The summed E-state index contributed by atoms with van der Waals surface area (Å²) < 4.78 is 7.56. The lowest BCUT2D eigenvalue weighted by Gasteiger charge is -2.23. The zero-order valence-electron chi connectivity index (χ0n) is 13.7.